The van der Waals surface area contributed by atoms with Crippen molar-refractivity contribution in [2.45, 2.75) is 114 Å². The van der Waals surface area contributed by atoms with E-state index < -0.39 is 47.7 Å². The third-order valence-corrected chi connectivity index (χ3v) is 10.7. The van der Waals surface area contributed by atoms with Crippen LogP contribution in [-0.4, -0.2) is 71.6 Å². The van der Waals surface area contributed by atoms with Crippen molar-refractivity contribution in [3.05, 3.63) is 83.4 Å². The summed E-state index contributed by atoms with van der Waals surface area (Å²) in [6, 6.07) is 12.9. The number of benzene rings is 2. The molecule has 0 aromatic heterocycles. The van der Waals surface area contributed by atoms with Crippen molar-refractivity contribution in [2.24, 2.45) is 34.0 Å². The van der Waals surface area contributed by atoms with Gasteiger partial charge in [-0.3, -0.25) is 38.6 Å². The molecular weight excluding hydrogens is 727 g/mol. The third-order valence-electron chi connectivity index (χ3n) is 10.7. The number of hydrogen-bond donors (Lipinski definition) is 6. The SMILES string of the molecule is NC(=O)C1CCCCCC(=O)C(Cc2ccc(C(=O)c3ccccc3)cc2)NC(=O)[C@@H](CC2CCCCC2)CC(=O)[C@@H](CCCN=C(N)N)NC(=O)/C=C\C(=O)N1. The van der Waals surface area contributed by atoms with Crippen LogP contribution >= 0.6 is 0 Å². The fourth-order valence-electron chi connectivity index (χ4n) is 7.50. The molecule has 0 spiro atoms. The van der Waals surface area contributed by atoms with E-state index >= 15 is 0 Å². The number of primary amides is 1. The summed E-state index contributed by atoms with van der Waals surface area (Å²) in [6.45, 7) is 0.200. The van der Waals surface area contributed by atoms with E-state index in [0.717, 1.165) is 49.8 Å². The molecule has 1 aliphatic carbocycles. The smallest absolute Gasteiger partial charge is 0.244 e. The normalized spacial score (nSPS) is 23.0. The van der Waals surface area contributed by atoms with E-state index in [1.807, 2.05) is 6.07 Å². The highest BCUT2D eigenvalue weighted by atomic mass is 16.2. The first kappa shape index (κ1) is 44.1. The van der Waals surface area contributed by atoms with E-state index in [1.54, 1.807) is 48.5 Å². The molecule has 4 rings (SSSR count). The van der Waals surface area contributed by atoms with Crippen LogP contribution in [0, 0.1) is 11.8 Å². The van der Waals surface area contributed by atoms with Gasteiger partial charge in [-0.1, -0.05) is 99.5 Å². The van der Waals surface area contributed by atoms with Crippen LogP contribution in [0.1, 0.15) is 111 Å². The summed E-state index contributed by atoms with van der Waals surface area (Å²) in [5.74, 6) is -3.96. The van der Waals surface area contributed by atoms with Gasteiger partial charge in [-0.05, 0) is 50.0 Å². The first-order chi connectivity index (χ1) is 27.4. The maximum Gasteiger partial charge on any atom is 0.244 e. The van der Waals surface area contributed by atoms with Crippen LogP contribution in [0.5, 0.6) is 0 Å². The average molecular weight is 784 g/mol. The lowest BCUT2D eigenvalue weighted by Gasteiger charge is -2.28. The fraction of sp³-hybridized carbons (Fsp3) is 0.488. The molecule has 306 valence electrons. The third kappa shape index (κ3) is 15.1. The molecule has 0 bridgehead atoms. The lowest BCUT2D eigenvalue weighted by molar-refractivity contribution is -0.134. The van der Waals surface area contributed by atoms with Crippen molar-refractivity contribution in [2.75, 3.05) is 6.54 Å². The molecule has 57 heavy (non-hydrogen) atoms. The summed E-state index contributed by atoms with van der Waals surface area (Å²) in [4.78, 5) is 97.1. The van der Waals surface area contributed by atoms with Gasteiger partial charge in [0, 0.05) is 48.6 Å². The van der Waals surface area contributed by atoms with Crippen LogP contribution in [0.15, 0.2) is 71.7 Å². The summed E-state index contributed by atoms with van der Waals surface area (Å²) in [6.07, 6.45) is 9.74. The molecule has 14 heteroatoms. The predicted molar refractivity (Wildman–Crippen MR) is 216 cm³/mol. The second-order valence-electron chi connectivity index (χ2n) is 15.1. The Morgan fingerprint density at radius 2 is 1.32 bits per heavy atom. The van der Waals surface area contributed by atoms with Crippen LogP contribution in [-0.2, 0) is 35.2 Å². The summed E-state index contributed by atoms with van der Waals surface area (Å²) in [5, 5.41) is 8.21. The zero-order valence-electron chi connectivity index (χ0n) is 32.6. The van der Waals surface area contributed by atoms with Crippen LogP contribution in [0.4, 0.5) is 0 Å². The highest BCUT2D eigenvalue weighted by Crippen LogP contribution is 2.31. The highest BCUT2D eigenvalue weighted by Gasteiger charge is 2.32. The summed E-state index contributed by atoms with van der Waals surface area (Å²) >= 11 is 0. The van der Waals surface area contributed by atoms with Gasteiger partial charge in [-0.15, -0.1) is 0 Å². The molecule has 14 nitrogen and oxygen atoms in total. The van der Waals surface area contributed by atoms with Crippen molar-refractivity contribution in [3.63, 3.8) is 0 Å². The first-order valence-electron chi connectivity index (χ1n) is 20.1. The molecule has 4 amide bonds. The number of carbonyl (C=O) groups is 7. The number of carbonyl (C=O) groups excluding carboxylic acids is 7. The molecular formula is C43H57N7O7. The predicted octanol–water partition coefficient (Wildman–Crippen LogP) is 3.09. The Morgan fingerprint density at radius 1 is 0.684 bits per heavy atom. The molecule has 1 heterocycles. The monoisotopic (exact) mass is 783 g/mol. The number of rotatable bonds is 11. The zero-order chi connectivity index (χ0) is 41.2. The molecule has 2 aliphatic rings. The Labute approximate surface area is 334 Å². The van der Waals surface area contributed by atoms with Gasteiger partial charge in [0.1, 0.15) is 6.04 Å². The minimum atomic E-state index is -1.03. The van der Waals surface area contributed by atoms with Gasteiger partial charge in [0.05, 0.1) is 12.1 Å². The molecule has 0 saturated heterocycles. The minimum absolute atomic E-state index is 0.116. The van der Waals surface area contributed by atoms with Crippen LogP contribution in [0.2, 0.25) is 0 Å². The van der Waals surface area contributed by atoms with E-state index in [9.17, 15) is 33.6 Å². The molecule has 1 aliphatic heterocycles. The Kier molecular flexibility index (Phi) is 17.6. The standard InChI is InChI=1S/C43H57N7O7/c44-41(56)34-15-8-3-9-17-36(51)35(26-29-18-20-31(21-19-29)40(55)30-13-6-2-7-14-30)50-42(57)32(25-28-11-4-1-5-12-28)27-37(52)33(16-10-24-47-43(45)46)48-38(53)22-23-39(54)49-34/h2,6-7,13-14,18-23,28,32-35H,1,3-5,8-12,15-17,24-27H2,(H2,44,56)(H,48,53)(H,49,54)(H,50,57)(H4,45,46,47)/b23-22-/t32-,33+,34?,35?/m0/s1. The molecule has 2 unspecified atom stereocenters. The van der Waals surface area contributed by atoms with Crippen LogP contribution in [0.25, 0.3) is 0 Å². The van der Waals surface area contributed by atoms with Crippen LogP contribution in [0.3, 0.4) is 0 Å². The largest absolute Gasteiger partial charge is 0.370 e. The fourth-order valence-corrected chi connectivity index (χ4v) is 7.50. The molecule has 2 aromatic rings. The van der Waals surface area contributed by atoms with Gasteiger partial charge in [-0.2, -0.15) is 0 Å². The topological polar surface area (TPSA) is 246 Å². The molecule has 2 aromatic carbocycles. The number of amides is 4. The molecule has 9 N–H and O–H groups in total. The summed E-state index contributed by atoms with van der Waals surface area (Å²) < 4.78 is 0. The number of nitrogens with two attached hydrogens (primary N) is 3. The second-order valence-corrected chi connectivity index (χ2v) is 15.1. The van der Waals surface area contributed by atoms with Gasteiger partial charge in [-0.25, -0.2) is 0 Å². The van der Waals surface area contributed by atoms with Gasteiger partial charge in [0.2, 0.25) is 23.6 Å². The van der Waals surface area contributed by atoms with Gasteiger partial charge in [0.15, 0.2) is 23.3 Å². The average Bonchev–Trinajstić information content (AvgIpc) is 3.20. The lowest BCUT2D eigenvalue weighted by Crippen LogP contribution is -2.47. The summed E-state index contributed by atoms with van der Waals surface area (Å²) in [5.41, 5.74) is 18.3. The Balaban J connectivity index is 1.62. The van der Waals surface area contributed by atoms with Crippen molar-refractivity contribution in [1.29, 1.82) is 0 Å². The molecule has 1 fully saturated rings. The number of nitrogens with one attached hydrogen (secondary N) is 3. The number of nitrogens with zero attached hydrogens (tertiary/aromatic N) is 1. The maximum atomic E-state index is 14.3. The number of aliphatic imine (C=N–C) groups is 1. The Hall–Kier alpha value is -5.66. The Bertz CT molecular complexity index is 1770. The van der Waals surface area contributed by atoms with E-state index in [0.29, 0.717) is 43.2 Å². The van der Waals surface area contributed by atoms with Crippen molar-refractivity contribution < 1.29 is 33.6 Å². The quantitative estimate of drug-likeness (QED) is 0.0847. The number of Topliss-reactive ketones (excluding diaryl/α,β-unsaturated/α-hetero) is 2. The lowest BCUT2D eigenvalue weighted by atomic mass is 9.80. The van der Waals surface area contributed by atoms with Crippen LogP contribution < -0.4 is 33.2 Å². The van der Waals surface area contributed by atoms with Gasteiger partial charge < -0.3 is 33.2 Å². The zero-order valence-corrected chi connectivity index (χ0v) is 32.6. The van der Waals surface area contributed by atoms with E-state index in [4.69, 9.17) is 17.2 Å². The highest BCUT2D eigenvalue weighted by molar-refractivity contribution is 6.09. The van der Waals surface area contributed by atoms with Crippen molar-refractivity contribution in [3.8, 4) is 0 Å². The second kappa shape index (κ2) is 22.8. The molecule has 1 saturated carbocycles. The molecule has 0 radical (unpaired) electrons. The minimum Gasteiger partial charge on any atom is -0.370 e. The number of guanidine groups is 1. The van der Waals surface area contributed by atoms with E-state index in [1.165, 1.54) is 0 Å². The van der Waals surface area contributed by atoms with Gasteiger partial charge in [0.25, 0.3) is 0 Å². The summed E-state index contributed by atoms with van der Waals surface area (Å²) in [7, 11) is 0. The van der Waals surface area contributed by atoms with Crippen molar-refractivity contribution >= 4 is 46.9 Å². The van der Waals surface area contributed by atoms with E-state index in [-0.39, 0.29) is 67.9 Å². The molecule has 4 atom stereocenters. The van der Waals surface area contributed by atoms with E-state index in [2.05, 4.69) is 20.9 Å². The first-order valence-corrected chi connectivity index (χ1v) is 20.1. The Morgan fingerprint density at radius 3 is 1.98 bits per heavy atom. The van der Waals surface area contributed by atoms with Crippen molar-refractivity contribution in [1.82, 2.24) is 16.0 Å². The maximum absolute atomic E-state index is 14.3. The number of hydrogen-bond acceptors (Lipinski definition) is 8. The number of ketones is 3. The van der Waals surface area contributed by atoms with Gasteiger partial charge >= 0.3 is 0 Å².